The van der Waals surface area contributed by atoms with Crippen LogP contribution in [0.3, 0.4) is 0 Å². The maximum Gasteiger partial charge on any atom is 0.266 e. The Bertz CT molecular complexity index is 1140. The lowest BCUT2D eigenvalue weighted by Crippen LogP contribution is -2.23. The summed E-state index contributed by atoms with van der Waals surface area (Å²) in [5.41, 5.74) is 1.90. The molecule has 1 atom stereocenters. The van der Waals surface area contributed by atoms with Gasteiger partial charge in [-0.15, -0.1) is 10.2 Å². The Morgan fingerprint density at radius 3 is 2.86 bits per heavy atom. The minimum Gasteiger partial charge on any atom is -0.496 e. The third-order valence-electron chi connectivity index (χ3n) is 5.53. The van der Waals surface area contributed by atoms with Gasteiger partial charge in [-0.25, -0.2) is 0 Å². The lowest BCUT2D eigenvalue weighted by Gasteiger charge is -2.22. The minimum atomic E-state index is 0.108. The molecule has 0 spiro atoms. The van der Waals surface area contributed by atoms with Crippen LogP contribution < -0.4 is 4.74 Å². The van der Waals surface area contributed by atoms with Crippen LogP contribution in [0.2, 0.25) is 0 Å². The molecule has 5 rings (SSSR count). The molecule has 0 N–H and O–H groups in total. The van der Waals surface area contributed by atoms with E-state index in [0.717, 1.165) is 53.7 Å². The second-order valence-electron chi connectivity index (χ2n) is 7.27. The Kier molecular flexibility index (Phi) is 4.69. The van der Waals surface area contributed by atoms with Gasteiger partial charge in [-0.05, 0) is 36.9 Å². The zero-order valence-electron chi connectivity index (χ0n) is 16.3. The molecule has 2 aromatic heterocycles. The van der Waals surface area contributed by atoms with Crippen molar-refractivity contribution in [2.75, 3.05) is 13.7 Å². The highest BCUT2D eigenvalue weighted by molar-refractivity contribution is 5.92. The monoisotopic (exact) mass is 386 g/mol. The number of benzene rings is 2. The fourth-order valence-electron chi connectivity index (χ4n) is 4.10. The summed E-state index contributed by atoms with van der Waals surface area (Å²) in [6.07, 6.45) is 3.88. The summed E-state index contributed by atoms with van der Waals surface area (Å²) in [6.45, 7) is 1.78. The van der Waals surface area contributed by atoms with E-state index in [1.807, 2.05) is 42.5 Å². The summed E-state index contributed by atoms with van der Waals surface area (Å²) in [4.78, 5) is 6.88. The van der Waals surface area contributed by atoms with Gasteiger partial charge in [0.15, 0.2) is 0 Å². The number of fused-ring (bicyclic) bond motifs is 1. The van der Waals surface area contributed by atoms with E-state index in [1.165, 1.54) is 0 Å². The zero-order chi connectivity index (χ0) is 19.6. The predicted molar refractivity (Wildman–Crippen MR) is 110 cm³/mol. The van der Waals surface area contributed by atoms with Crippen molar-refractivity contribution >= 4 is 10.8 Å². The van der Waals surface area contributed by atoms with E-state index in [9.17, 15) is 0 Å². The van der Waals surface area contributed by atoms with E-state index in [1.54, 1.807) is 13.3 Å². The predicted octanol–water partition coefficient (Wildman–Crippen LogP) is 4.63. The topological polar surface area (TPSA) is 64.3 Å². The van der Waals surface area contributed by atoms with Crippen molar-refractivity contribution in [1.82, 2.24) is 20.1 Å². The van der Waals surface area contributed by atoms with Gasteiger partial charge in [0.25, 0.3) is 5.89 Å². The number of likely N-dealkylation sites (tertiary alicyclic amines) is 1. The summed E-state index contributed by atoms with van der Waals surface area (Å²) >= 11 is 0. The average molecular weight is 386 g/mol. The van der Waals surface area contributed by atoms with Crippen molar-refractivity contribution in [3.8, 4) is 17.3 Å². The molecule has 146 valence electrons. The first-order valence-corrected chi connectivity index (χ1v) is 9.87. The number of para-hydroxylation sites is 1. The molecule has 1 aliphatic heterocycles. The highest BCUT2D eigenvalue weighted by atomic mass is 16.5. The number of pyridine rings is 1. The highest BCUT2D eigenvalue weighted by Gasteiger charge is 2.31. The number of ether oxygens (including phenoxy) is 1. The van der Waals surface area contributed by atoms with Crippen LogP contribution in [0.25, 0.3) is 22.4 Å². The SMILES string of the molecule is COc1ccccc1CN1CCC[C@@H]1c1nnc(-c2nccc3ccccc23)o1. The summed E-state index contributed by atoms with van der Waals surface area (Å²) in [6, 6.07) is 18.3. The molecule has 1 fully saturated rings. The van der Waals surface area contributed by atoms with Crippen molar-refractivity contribution in [3.05, 3.63) is 72.2 Å². The number of aromatic nitrogens is 3. The molecule has 1 aliphatic rings. The van der Waals surface area contributed by atoms with Crippen LogP contribution in [0.5, 0.6) is 5.75 Å². The van der Waals surface area contributed by atoms with Gasteiger partial charge in [-0.1, -0.05) is 42.5 Å². The zero-order valence-corrected chi connectivity index (χ0v) is 16.3. The molecule has 6 heteroatoms. The normalized spacial score (nSPS) is 17.1. The summed E-state index contributed by atoms with van der Waals surface area (Å²) in [5, 5.41) is 10.8. The standard InChI is InChI=1S/C23H22N4O2/c1-28-20-11-5-3-8-17(20)15-27-14-6-10-19(27)22-25-26-23(29-22)21-18-9-4-2-7-16(18)12-13-24-21/h2-5,7-9,11-13,19H,6,10,14-15H2,1H3/t19-/m1/s1. The number of methoxy groups -OCH3 is 1. The molecule has 29 heavy (non-hydrogen) atoms. The van der Waals surface area contributed by atoms with Gasteiger partial charge in [0, 0.05) is 23.7 Å². The first-order valence-electron chi connectivity index (χ1n) is 9.87. The van der Waals surface area contributed by atoms with Crippen molar-refractivity contribution in [2.24, 2.45) is 0 Å². The Balaban J connectivity index is 1.43. The van der Waals surface area contributed by atoms with Crippen molar-refractivity contribution in [2.45, 2.75) is 25.4 Å². The molecule has 0 amide bonds. The fraction of sp³-hybridized carbons (Fsp3) is 0.261. The lowest BCUT2D eigenvalue weighted by molar-refractivity contribution is 0.213. The largest absolute Gasteiger partial charge is 0.496 e. The van der Waals surface area contributed by atoms with Crippen LogP contribution in [0.15, 0.2) is 65.2 Å². The van der Waals surface area contributed by atoms with E-state index in [4.69, 9.17) is 9.15 Å². The van der Waals surface area contributed by atoms with Gasteiger partial charge < -0.3 is 9.15 Å². The average Bonchev–Trinajstić information content (AvgIpc) is 3.43. The van der Waals surface area contributed by atoms with E-state index in [2.05, 4.69) is 32.2 Å². The van der Waals surface area contributed by atoms with E-state index in [-0.39, 0.29) is 6.04 Å². The summed E-state index contributed by atoms with van der Waals surface area (Å²) < 4.78 is 11.6. The van der Waals surface area contributed by atoms with Gasteiger partial charge in [0.2, 0.25) is 5.89 Å². The smallest absolute Gasteiger partial charge is 0.266 e. The summed E-state index contributed by atoms with van der Waals surface area (Å²) in [7, 11) is 1.71. The second kappa shape index (κ2) is 7.64. The molecule has 0 bridgehead atoms. The van der Waals surface area contributed by atoms with Crippen LogP contribution in [-0.2, 0) is 6.54 Å². The van der Waals surface area contributed by atoms with Gasteiger partial charge in [0.1, 0.15) is 11.4 Å². The Hall–Kier alpha value is -3.25. The van der Waals surface area contributed by atoms with E-state index in [0.29, 0.717) is 11.8 Å². The lowest BCUT2D eigenvalue weighted by atomic mass is 10.1. The Labute approximate surface area is 169 Å². The number of hydrogen-bond acceptors (Lipinski definition) is 6. The number of rotatable bonds is 5. The number of nitrogens with zero attached hydrogens (tertiary/aromatic N) is 4. The highest BCUT2D eigenvalue weighted by Crippen LogP contribution is 2.35. The van der Waals surface area contributed by atoms with Crippen LogP contribution in [0, 0.1) is 0 Å². The second-order valence-corrected chi connectivity index (χ2v) is 7.27. The van der Waals surface area contributed by atoms with Crippen LogP contribution in [-0.4, -0.2) is 33.7 Å². The first kappa shape index (κ1) is 17.8. The molecule has 0 aliphatic carbocycles. The maximum atomic E-state index is 6.13. The Morgan fingerprint density at radius 1 is 1.07 bits per heavy atom. The molecular weight excluding hydrogens is 364 g/mol. The molecule has 4 aromatic rings. The van der Waals surface area contributed by atoms with Crippen LogP contribution >= 0.6 is 0 Å². The fourth-order valence-corrected chi connectivity index (χ4v) is 4.10. The van der Waals surface area contributed by atoms with E-state index < -0.39 is 0 Å². The Morgan fingerprint density at radius 2 is 1.93 bits per heavy atom. The van der Waals surface area contributed by atoms with Crippen LogP contribution in [0.1, 0.15) is 30.3 Å². The third kappa shape index (κ3) is 3.36. The molecule has 6 nitrogen and oxygen atoms in total. The van der Waals surface area contributed by atoms with Gasteiger partial charge >= 0.3 is 0 Å². The van der Waals surface area contributed by atoms with Gasteiger partial charge in [-0.2, -0.15) is 0 Å². The third-order valence-corrected chi connectivity index (χ3v) is 5.53. The number of hydrogen-bond donors (Lipinski definition) is 0. The van der Waals surface area contributed by atoms with Crippen LogP contribution in [0.4, 0.5) is 0 Å². The summed E-state index contributed by atoms with van der Waals surface area (Å²) in [5.74, 6) is 2.03. The molecular formula is C23H22N4O2. The molecule has 0 saturated carbocycles. The molecule has 0 radical (unpaired) electrons. The molecule has 2 aromatic carbocycles. The van der Waals surface area contributed by atoms with Gasteiger partial charge in [-0.3, -0.25) is 9.88 Å². The molecule has 3 heterocycles. The molecule has 1 saturated heterocycles. The maximum absolute atomic E-state index is 6.13. The quantitative estimate of drug-likeness (QED) is 0.498. The minimum absolute atomic E-state index is 0.108. The first-order chi connectivity index (χ1) is 14.3. The van der Waals surface area contributed by atoms with E-state index >= 15 is 0 Å². The van der Waals surface area contributed by atoms with Gasteiger partial charge in [0.05, 0.1) is 13.2 Å². The van der Waals surface area contributed by atoms with Crippen molar-refractivity contribution in [3.63, 3.8) is 0 Å². The van der Waals surface area contributed by atoms with Crippen molar-refractivity contribution in [1.29, 1.82) is 0 Å². The molecule has 0 unspecified atom stereocenters. The van der Waals surface area contributed by atoms with Crippen molar-refractivity contribution < 1.29 is 9.15 Å².